The van der Waals surface area contributed by atoms with E-state index >= 15 is 0 Å². The van der Waals surface area contributed by atoms with Gasteiger partial charge in [-0.15, -0.1) is 0 Å². The van der Waals surface area contributed by atoms with Crippen molar-refractivity contribution < 1.29 is 59.6 Å². The van der Waals surface area contributed by atoms with Gasteiger partial charge in [-0.25, -0.2) is 4.79 Å². The van der Waals surface area contributed by atoms with Crippen LogP contribution in [0.25, 0.3) is 0 Å². The molecule has 4 rings (SSSR count). The van der Waals surface area contributed by atoms with E-state index in [0.717, 1.165) is 46.3 Å². The number of aliphatic carboxylic acids is 1. The summed E-state index contributed by atoms with van der Waals surface area (Å²) >= 11 is 0. The van der Waals surface area contributed by atoms with Gasteiger partial charge in [-0.3, -0.25) is 0 Å². The van der Waals surface area contributed by atoms with Crippen LogP contribution in [0.4, 0.5) is 13.2 Å². The Morgan fingerprint density at radius 1 is 0.659 bits per heavy atom. The van der Waals surface area contributed by atoms with Crippen molar-refractivity contribution in [3.8, 4) is 0 Å². The summed E-state index contributed by atoms with van der Waals surface area (Å²) < 4.78 is 31.7. The van der Waals surface area contributed by atoms with Crippen LogP contribution in [-0.2, 0) is 41.3 Å². The van der Waals surface area contributed by atoms with Gasteiger partial charge in [0.05, 0.1) is 0 Å². The number of rotatable bonds is 6. The van der Waals surface area contributed by atoms with E-state index in [1.165, 1.54) is 25.7 Å². The molecule has 232 valence electrons. The summed E-state index contributed by atoms with van der Waals surface area (Å²) in [5.74, 6) is 0.650. The monoisotopic (exact) mass is 742 g/mol. The molecule has 0 spiro atoms. The molecule has 2 saturated heterocycles. The van der Waals surface area contributed by atoms with Gasteiger partial charge >= 0.3 is 48.7 Å². The maximum absolute atomic E-state index is 10.6. The van der Waals surface area contributed by atoms with E-state index in [2.05, 4.69) is 107 Å². The minimum atomic E-state index is -5.08. The van der Waals surface area contributed by atoms with Gasteiger partial charge in [0.25, 0.3) is 0 Å². The number of carboxylic acids is 1. The summed E-state index contributed by atoms with van der Waals surface area (Å²) in [6.07, 6.45) is 19.0. The fraction of sp³-hybridized carbons (Fsp3) is 0.656. The Morgan fingerprint density at radius 3 is 1.00 bits per heavy atom. The largest absolute Gasteiger partial charge is 2.00 e. The van der Waals surface area contributed by atoms with Crippen LogP contribution < -0.4 is 0 Å². The van der Waals surface area contributed by atoms with Gasteiger partial charge in [-0.2, -0.15) is 13.2 Å². The summed E-state index contributed by atoms with van der Waals surface area (Å²) in [5, 5.41) is 7.12. The molecule has 0 aromatic rings. The quantitative estimate of drug-likeness (QED) is 0.218. The number of hydrogen-bond donors (Lipinski definition) is 1. The van der Waals surface area contributed by atoms with Crippen LogP contribution in [0.1, 0.15) is 81.1 Å². The minimum absolute atomic E-state index is 0. The molecule has 0 aromatic heterocycles. The van der Waals surface area contributed by atoms with Crippen molar-refractivity contribution in [3.05, 3.63) is 62.7 Å². The molecule has 2 unspecified atom stereocenters. The van der Waals surface area contributed by atoms with Gasteiger partial charge in [-0.05, 0) is 123 Å². The van der Waals surface area contributed by atoms with Crippen LogP contribution in [0.15, 0.2) is 0 Å². The van der Waals surface area contributed by atoms with Crippen LogP contribution in [-0.4, -0.2) is 39.9 Å². The molecule has 10 radical (unpaired) electrons. The summed E-state index contributed by atoms with van der Waals surface area (Å²) in [5.41, 5.74) is 7.17. The SMILES string of the molecule is CC(C)[C@H]1CC[C@@H](C(C)C)P1[C]1[CH][CH][CH][CH]1.CC(C)[C@H]1CC[C@@H](C(C)C)P1[C]1[CH][CH][CH][CH]1.O=C(O)C(F)(F)F.[Fe+2].[Ru+2]. The molecular weight excluding hydrogens is 692 g/mol. The van der Waals surface area contributed by atoms with Crippen LogP contribution in [0.3, 0.4) is 0 Å². The van der Waals surface area contributed by atoms with E-state index < -0.39 is 12.1 Å². The van der Waals surface area contributed by atoms with E-state index in [4.69, 9.17) is 9.90 Å². The van der Waals surface area contributed by atoms with Crippen LogP contribution in [0, 0.1) is 86.4 Å². The van der Waals surface area contributed by atoms with Crippen molar-refractivity contribution in [1.82, 2.24) is 0 Å². The normalized spacial score (nSPS) is 30.6. The van der Waals surface area contributed by atoms with Crippen LogP contribution in [0.2, 0.25) is 0 Å². The Balaban J connectivity index is 0.000000615. The van der Waals surface area contributed by atoms with Gasteiger partial charge in [0, 0.05) is 11.3 Å². The summed E-state index contributed by atoms with van der Waals surface area (Å²) in [6, 6.07) is 0. The molecule has 0 aromatic carbocycles. The summed E-state index contributed by atoms with van der Waals surface area (Å²) in [7, 11) is 0.182. The predicted octanol–water partition coefficient (Wildman–Crippen LogP) is 9.98. The molecule has 41 heavy (non-hydrogen) atoms. The van der Waals surface area contributed by atoms with Gasteiger partial charge in [0.15, 0.2) is 0 Å². The first-order chi connectivity index (χ1) is 18.2. The molecule has 4 fully saturated rings. The molecule has 1 N–H and O–H groups in total. The second kappa shape index (κ2) is 19.7. The fourth-order valence-electron chi connectivity index (χ4n) is 6.19. The van der Waals surface area contributed by atoms with E-state index in [1.807, 2.05) is 0 Å². The molecule has 9 heteroatoms. The van der Waals surface area contributed by atoms with Crippen molar-refractivity contribution in [1.29, 1.82) is 0 Å². The molecule has 0 amide bonds. The first kappa shape index (κ1) is 42.3. The molecular formula is C32H49F3FeO2P2Ru+4. The van der Waals surface area contributed by atoms with Gasteiger partial charge in [-0.1, -0.05) is 71.2 Å². The van der Waals surface area contributed by atoms with Crippen LogP contribution in [0.5, 0.6) is 0 Å². The van der Waals surface area contributed by atoms with E-state index in [0.29, 0.717) is 0 Å². The summed E-state index contributed by atoms with van der Waals surface area (Å²) in [6.45, 7) is 19.3. The second-order valence-corrected chi connectivity index (χ2v) is 17.6. The zero-order chi connectivity index (χ0) is 29.5. The Labute approximate surface area is 276 Å². The molecule has 4 aliphatic rings. The van der Waals surface area contributed by atoms with Gasteiger partial charge in [0.2, 0.25) is 0 Å². The topological polar surface area (TPSA) is 37.3 Å². The maximum atomic E-state index is 10.6. The van der Waals surface area contributed by atoms with E-state index in [-0.39, 0.29) is 52.4 Å². The smallest absolute Gasteiger partial charge is 0.475 e. The fourth-order valence-corrected chi connectivity index (χ4v) is 14.0. The van der Waals surface area contributed by atoms with Crippen molar-refractivity contribution >= 4 is 21.8 Å². The Bertz CT molecular complexity index is 646. The molecule has 2 aliphatic carbocycles. The molecule has 2 heterocycles. The Hall–Kier alpha value is 1.26. The number of carboxylic acid groups (broad SMARTS) is 1. The third-order valence-corrected chi connectivity index (χ3v) is 16.2. The number of hydrogen-bond acceptors (Lipinski definition) is 1. The maximum Gasteiger partial charge on any atom is 2.00 e. The standard InChI is InChI=1S/2C15H24P.C2HF3O2.Fe.Ru/c2*1-11(2)14-9-10-15(12(3)4)16(14)13-7-5-6-8-13;3-2(4,5)1(6)7;;/h2*5-8,11-12,14-15H,9-10H2,1-4H3;(H,6,7);;/q;;;2*+2/t2*14-,15+,16?;;;. The van der Waals surface area contributed by atoms with Crippen molar-refractivity contribution in [2.24, 2.45) is 23.7 Å². The number of alkyl halides is 3. The predicted molar refractivity (Wildman–Crippen MR) is 161 cm³/mol. The van der Waals surface area contributed by atoms with Gasteiger partial charge in [0.1, 0.15) is 0 Å². The molecule has 2 aliphatic heterocycles. The first-order valence-corrected chi connectivity index (χ1v) is 17.4. The van der Waals surface area contributed by atoms with Crippen molar-refractivity contribution in [3.63, 3.8) is 0 Å². The molecule has 2 nitrogen and oxygen atoms in total. The number of halogens is 3. The molecule has 0 bridgehead atoms. The Kier molecular flexibility index (Phi) is 20.3. The first-order valence-electron chi connectivity index (χ1n) is 14.5. The van der Waals surface area contributed by atoms with Crippen molar-refractivity contribution in [2.45, 2.75) is 110 Å². The molecule has 2 saturated carbocycles. The van der Waals surface area contributed by atoms with E-state index in [9.17, 15) is 13.2 Å². The van der Waals surface area contributed by atoms with Gasteiger partial charge < -0.3 is 5.11 Å². The number of carbonyl (C=O) groups is 1. The average Bonchev–Trinajstić information content (AvgIpc) is 3.64. The zero-order valence-corrected chi connectivity index (χ0v) is 30.3. The summed E-state index contributed by atoms with van der Waals surface area (Å²) in [4.78, 5) is 8.90. The minimum Gasteiger partial charge on any atom is -0.475 e. The third-order valence-electron chi connectivity index (χ3n) is 8.15. The third kappa shape index (κ3) is 12.5. The average molecular weight is 742 g/mol. The van der Waals surface area contributed by atoms with E-state index in [1.54, 1.807) is 11.3 Å². The van der Waals surface area contributed by atoms with Crippen LogP contribution >= 0.6 is 15.8 Å². The second-order valence-electron chi connectivity index (χ2n) is 12.3. The van der Waals surface area contributed by atoms with Crippen molar-refractivity contribution in [2.75, 3.05) is 0 Å². The molecule has 6 atom stereocenters. The Morgan fingerprint density at radius 2 is 0.854 bits per heavy atom. The zero-order valence-electron chi connectivity index (χ0n) is 25.7.